The predicted molar refractivity (Wildman–Crippen MR) is 93.1 cm³/mol. The summed E-state index contributed by atoms with van der Waals surface area (Å²) >= 11 is 7.58. The Labute approximate surface area is 135 Å². The van der Waals surface area contributed by atoms with E-state index < -0.39 is 0 Å². The Bertz CT molecular complexity index is 668. The first-order valence-electron chi connectivity index (χ1n) is 7.63. The van der Waals surface area contributed by atoms with E-state index in [1.807, 2.05) is 24.8 Å². The maximum Gasteiger partial charge on any atom is 0.178 e. The highest BCUT2D eigenvalue weighted by Gasteiger charge is 2.24. The number of para-hydroxylation sites is 1. The zero-order chi connectivity index (χ0) is 14.8. The van der Waals surface area contributed by atoms with Crippen LogP contribution >= 0.6 is 24.0 Å². The minimum absolute atomic E-state index is 0.520. The molecule has 1 N–H and O–H groups in total. The molecule has 1 heterocycles. The Morgan fingerprint density at radius 3 is 2.76 bits per heavy atom. The van der Waals surface area contributed by atoms with E-state index in [4.69, 9.17) is 17.0 Å². The van der Waals surface area contributed by atoms with E-state index in [1.165, 1.54) is 31.2 Å². The number of hydrogen-bond acceptors (Lipinski definition) is 3. The van der Waals surface area contributed by atoms with Gasteiger partial charge in [0.2, 0.25) is 0 Å². The Hall–Kier alpha value is -0.940. The normalized spacial score (nSPS) is 22.6. The molecule has 0 amide bonds. The summed E-state index contributed by atoms with van der Waals surface area (Å²) in [6, 6.07) is 6.73. The Morgan fingerprint density at radius 1 is 1.33 bits per heavy atom. The van der Waals surface area contributed by atoms with E-state index in [0.29, 0.717) is 12.6 Å². The van der Waals surface area contributed by atoms with Crippen molar-refractivity contribution in [3.05, 3.63) is 23.0 Å². The number of fused-ring (bicyclic) bond motifs is 1. The van der Waals surface area contributed by atoms with E-state index in [1.54, 1.807) is 0 Å². The van der Waals surface area contributed by atoms with Crippen molar-refractivity contribution >= 4 is 35.0 Å². The van der Waals surface area contributed by atoms with Gasteiger partial charge in [0.1, 0.15) is 11.3 Å². The molecule has 1 aromatic carbocycles. The van der Waals surface area contributed by atoms with E-state index in [2.05, 4.69) is 27.9 Å². The number of aromatic nitrogens is 2. The van der Waals surface area contributed by atoms with Gasteiger partial charge in [-0.3, -0.25) is 0 Å². The Balaban J connectivity index is 1.98. The molecule has 2 aromatic rings. The molecule has 0 aliphatic heterocycles. The highest BCUT2D eigenvalue weighted by Crippen LogP contribution is 2.36. The molecule has 3 nitrogen and oxygen atoms in total. The first kappa shape index (κ1) is 15.0. The van der Waals surface area contributed by atoms with Gasteiger partial charge in [-0.1, -0.05) is 6.07 Å². The number of benzene rings is 1. The van der Waals surface area contributed by atoms with Gasteiger partial charge in [-0.25, -0.2) is 0 Å². The number of rotatable bonds is 4. The molecule has 3 rings (SSSR count). The van der Waals surface area contributed by atoms with E-state index in [0.717, 1.165) is 21.3 Å². The second kappa shape index (κ2) is 6.44. The zero-order valence-electron chi connectivity index (χ0n) is 12.6. The lowest BCUT2D eigenvalue weighted by Gasteiger charge is -2.28. The highest BCUT2D eigenvalue weighted by molar-refractivity contribution is 7.99. The lowest BCUT2D eigenvalue weighted by atomic mass is 9.94. The molecular formula is C16H22N2OS2. The quantitative estimate of drug-likeness (QED) is 0.808. The van der Waals surface area contributed by atoms with Crippen molar-refractivity contribution in [3.8, 4) is 5.75 Å². The molecule has 5 heteroatoms. The summed E-state index contributed by atoms with van der Waals surface area (Å²) in [6.45, 7) is 2.68. The average molecular weight is 322 g/mol. The van der Waals surface area contributed by atoms with Crippen molar-refractivity contribution in [1.82, 2.24) is 9.55 Å². The number of hydrogen-bond donors (Lipinski definition) is 1. The van der Waals surface area contributed by atoms with Gasteiger partial charge >= 0.3 is 0 Å². The predicted octanol–water partition coefficient (Wildman–Crippen LogP) is 4.94. The van der Waals surface area contributed by atoms with Gasteiger partial charge < -0.3 is 14.3 Å². The zero-order valence-corrected chi connectivity index (χ0v) is 14.2. The fourth-order valence-electron chi connectivity index (χ4n) is 3.30. The smallest absolute Gasteiger partial charge is 0.178 e. The van der Waals surface area contributed by atoms with Crippen LogP contribution in [0.5, 0.6) is 5.75 Å². The molecule has 1 fully saturated rings. The summed E-state index contributed by atoms with van der Waals surface area (Å²) in [5, 5.41) is 0.819. The fraction of sp³-hybridized carbons (Fsp3) is 0.562. The van der Waals surface area contributed by atoms with E-state index in [-0.39, 0.29) is 0 Å². The topological polar surface area (TPSA) is 29.9 Å². The first-order valence-corrected chi connectivity index (χ1v) is 9.33. The second-order valence-electron chi connectivity index (χ2n) is 5.55. The molecule has 1 aromatic heterocycles. The molecule has 21 heavy (non-hydrogen) atoms. The van der Waals surface area contributed by atoms with Crippen LogP contribution in [0, 0.1) is 4.77 Å². The summed E-state index contributed by atoms with van der Waals surface area (Å²) in [6.07, 6.45) is 7.21. The maximum atomic E-state index is 5.72. The van der Waals surface area contributed by atoms with Gasteiger partial charge in [0.25, 0.3) is 0 Å². The summed E-state index contributed by atoms with van der Waals surface area (Å²) < 4.78 is 8.85. The van der Waals surface area contributed by atoms with Crippen LogP contribution in [0.15, 0.2) is 18.2 Å². The van der Waals surface area contributed by atoms with Crippen LogP contribution in [-0.4, -0.2) is 27.7 Å². The Morgan fingerprint density at radius 2 is 2.10 bits per heavy atom. The Kier molecular flexibility index (Phi) is 4.60. The second-order valence-corrected chi connectivity index (χ2v) is 7.07. The standard InChI is InChI=1S/C16H22N2OS2/c1-3-19-14-6-4-5-13-15(14)17-16(20)18(13)11-7-9-12(21-2)10-8-11/h4-6,11-12H,3,7-10H2,1-2H3,(H,17,20). The first-order chi connectivity index (χ1) is 10.2. The van der Waals surface area contributed by atoms with Crippen molar-refractivity contribution < 1.29 is 4.74 Å². The maximum absolute atomic E-state index is 5.72. The van der Waals surface area contributed by atoms with Crippen LogP contribution in [-0.2, 0) is 0 Å². The van der Waals surface area contributed by atoms with Crippen molar-refractivity contribution in [2.45, 2.75) is 43.9 Å². The lowest BCUT2D eigenvalue weighted by Crippen LogP contribution is -2.19. The number of aromatic amines is 1. The molecule has 1 aliphatic rings. The molecule has 0 spiro atoms. The van der Waals surface area contributed by atoms with Crippen LogP contribution in [0.2, 0.25) is 0 Å². The van der Waals surface area contributed by atoms with Crippen molar-refractivity contribution in [1.29, 1.82) is 0 Å². The molecule has 0 atom stereocenters. The van der Waals surface area contributed by atoms with Gasteiger partial charge in [0.05, 0.1) is 12.1 Å². The number of ether oxygens (including phenoxy) is 1. The molecule has 1 aliphatic carbocycles. The minimum atomic E-state index is 0.520. The molecule has 1 saturated carbocycles. The lowest BCUT2D eigenvalue weighted by molar-refractivity contribution is 0.343. The minimum Gasteiger partial charge on any atom is -0.492 e. The van der Waals surface area contributed by atoms with Gasteiger partial charge in [-0.2, -0.15) is 11.8 Å². The van der Waals surface area contributed by atoms with Crippen molar-refractivity contribution in [2.75, 3.05) is 12.9 Å². The van der Waals surface area contributed by atoms with Crippen LogP contribution in [0.1, 0.15) is 38.6 Å². The third-order valence-electron chi connectivity index (χ3n) is 4.36. The molecular weight excluding hydrogens is 300 g/mol. The largest absolute Gasteiger partial charge is 0.492 e. The van der Waals surface area contributed by atoms with Gasteiger partial charge in [-0.15, -0.1) is 0 Å². The van der Waals surface area contributed by atoms with Crippen LogP contribution in [0.4, 0.5) is 0 Å². The third-order valence-corrected chi connectivity index (χ3v) is 5.79. The third kappa shape index (κ3) is 2.86. The molecule has 0 bridgehead atoms. The van der Waals surface area contributed by atoms with Gasteiger partial charge in [0.15, 0.2) is 4.77 Å². The monoisotopic (exact) mass is 322 g/mol. The number of imidazole rings is 1. The number of H-pyrrole nitrogens is 1. The molecule has 0 radical (unpaired) electrons. The number of nitrogens with one attached hydrogen (secondary N) is 1. The molecule has 114 valence electrons. The van der Waals surface area contributed by atoms with Crippen molar-refractivity contribution in [3.63, 3.8) is 0 Å². The van der Waals surface area contributed by atoms with Crippen molar-refractivity contribution in [2.24, 2.45) is 0 Å². The average Bonchev–Trinajstić information content (AvgIpc) is 2.85. The summed E-state index contributed by atoms with van der Waals surface area (Å²) in [7, 11) is 0. The van der Waals surface area contributed by atoms with Gasteiger partial charge in [-0.05, 0) is 63.2 Å². The van der Waals surface area contributed by atoms with Crippen LogP contribution < -0.4 is 4.74 Å². The SMILES string of the molecule is CCOc1cccc2c1[nH]c(=S)n2C1CCC(SC)CC1. The highest BCUT2D eigenvalue weighted by atomic mass is 32.2. The molecule has 0 saturated heterocycles. The van der Waals surface area contributed by atoms with E-state index in [9.17, 15) is 0 Å². The summed E-state index contributed by atoms with van der Waals surface area (Å²) in [5.74, 6) is 0.901. The fourth-order valence-corrected chi connectivity index (χ4v) is 4.39. The van der Waals surface area contributed by atoms with Crippen LogP contribution in [0.3, 0.4) is 0 Å². The number of nitrogens with zero attached hydrogens (tertiary/aromatic N) is 1. The van der Waals surface area contributed by atoms with Crippen LogP contribution in [0.25, 0.3) is 11.0 Å². The van der Waals surface area contributed by atoms with Gasteiger partial charge in [0, 0.05) is 11.3 Å². The van der Waals surface area contributed by atoms with E-state index >= 15 is 0 Å². The summed E-state index contributed by atoms with van der Waals surface area (Å²) in [5.41, 5.74) is 2.22. The number of thioether (sulfide) groups is 1. The molecule has 0 unspecified atom stereocenters. The summed E-state index contributed by atoms with van der Waals surface area (Å²) in [4.78, 5) is 3.35.